The van der Waals surface area contributed by atoms with Gasteiger partial charge in [-0.05, 0) is 13.8 Å². The smallest absolute Gasteiger partial charge is 0.145 e. The van der Waals surface area contributed by atoms with Crippen molar-refractivity contribution in [2.24, 2.45) is 7.05 Å². The average Bonchev–Trinajstić information content (AvgIpc) is 2.08. The molecule has 1 aromatic rings. The number of rotatable bonds is 1. The Morgan fingerprint density at radius 2 is 2.18 bits per heavy atom. The van der Waals surface area contributed by atoms with Crippen molar-refractivity contribution in [2.75, 3.05) is 5.73 Å². The number of nitrogen functional groups attached to an aromatic ring is 1. The SMILES string of the molecule is Cn1nc(N)cc1C(C)(C)O. The van der Waals surface area contributed by atoms with Gasteiger partial charge in [-0.25, -0.2) is 0 Å². The molecule has 0 bridgehead atoms. The fourth-order valence-corrected chi connectivity index (χ4v) is 1.06. The number of aryl methyl sites for hydroxylation is 1. The summed E-state index contributed by atoms with van der Waals surface area (Å²) in [6.45, 7) is 3.40. The van der Waals surface area contributed by atoms with Gasteiger partial charge in [0.1, 0.15) is 11.4 Å². The van der Waals surface area contributed by atoms with E-state index >= 15 is 0 Å². The normalized spacial score (nSPS) is 12.0. The summed E-state index contributed by atoms with van der Waals surface area (Å²) in [5.74, 6) is 0.435. The lowest BCUT2D eigenvalue weighted by Gasteiger charge is -2.16. The lowest BCUT2D eigenvalue weighted by atomic mass is 10.1. The van der Waals surface area contributed by atoms with Crippen LogP contribution < -0.4 is 5.73 Å². The van der Waals surface area contributed by atoms with Crippen LogP contribution in [-0.4, -0.2) is 14.9 Å². The number of aromatic nitrogens is 2. The van der Waals surface area contributed by atoms with Crippen molar-refractivity contribution in [1.29, 1.82) is 0 Å². The van der Waals surface area contributed by atoms with Gasteiger partial charge in [0.05, 0.1) is 5.69 Å². The molecule has 1 heterocycles. The zero-order chi connectivity index (χ0) is 8.65. The molecule has 0 saturated carbocycles. The van der Waals surface area contributed by atoms with E-state index in [2.05, 4.69) is 5.10 Å². The molecule has 0 spiro atoms. The Kier molecular flexibility index (Phi) is 1.64. The Morgan fingerprint density at radius 3 is 2.36 bits per heavy atom. The van der Waals surface area contributed by atoms with Gasteiger partial charge in [-0.3, -0.25) is 4.68 Å². The van der Waals surface area contributed by atoms with Crippen LogP contribution in [0.3, 0.4) is 0 Å². The van der Waals surface area contributed by atoms with Crippen molar-refractivity contribution in [2.45, 2.75) is 19.4 Å². The molecule has 0 radical (unpaired) electrons. The van der Waals surface area contributed by atoms with Crippen molar-refractivity contribution in [3.63, 3.8) is 0 Å². The fourth-order valence-electron chi connectivity index (χ4n) is 1.06. The van der Waals surface area contributed by atoms with Crippen LogP contribution in [0.2, 0.25) is 0 Å². The minimum absolute atomic E-state index is 0.435. The molecular weight excluding hydrogens is 142 g/mol. The first kappa shape index (κ1) is 8.07. The highest BCUT2D eigenvalue weighted by Gasteiger charge is 2.20. The van der Waals surface area contributed by atoms with Crippen LogP contribution in [0.4, 0.5) is 5.82 Å². The zero-order valence-corrected chi connectivity index (χ0v) is 7.00. The first-order valence-corrected chi connectivity index (χ1v) is 3.43. The first-order valence-electron chi connectivity index (χ1n) is 3.43. The van der Waals surface area contributed by atoms with Crippen molar-refractivity contribution in [1.82, 2.24) is 9.78 Å². The van der Waals surface area contributed by atoms with Gasteiger partial charge in [0, 0.05) is 13.1 Å². The van der Waals surface area contributed by atoms with E-state index in [1.54, 1.807) is 31.6 Å². The van der Waals surface area contributed by atoms with E-state index in [4.69, 9.17) is 5.73 Å². The third-order valence-corrected chi connectivity index (χ3v) is 1.53. The van der Waals surface area contributed by atoms with Crippen LogP contribution >= 0.6 is 0 Å². The van der Waals surface area contributed by atoms with Crippen LogP contribution in [0, 0.1) is 0 Å². The molecular formula is C7H13N3O. The van der Waals surface area contributed by atoms with Gasteiger partial charge in [-0.15, -0.1) is 0 Å². The number of aliphatic hydroxyl groups is 1. The lowest BCUT2D eigenvalue weighted by molar-refractivity contribution is 0.0696. The Balaban J connectivity index is 3.13. The second kappa shape index (κ2) is 2.23. The highest BCUT2D eigenvalue weighted by atomic mass is 16.3. The van der Waals surface area contributed by atoms with E-state index in [9.17, 15) is 5.11 Å². The summed E-state index contributed by atoms with van der Waals surface area (Å²) in [5, 5.41) is 13.5. The van der Waals surface area contributed by atoms with E-state index < -0.39 is 5.60 Å². The number of nitrogens with zero attached hydrogens (tertiary/aromatic N) is 2. The van der Waals surface area contributed by atoms with Crippen molar-refractivity contribution >= 4 is 5.82 Å². The molecule has 0 amide bonds. The zero-order valence-electron chi connectivity index (χ0n) is 7.00. The maximum atomic E-state index is 9.57. The molecule has 0 saturated heterocycles. The molecule has 0 fully saturated rings. The maximum absolute atomic E-state index is 9.57. The third kappa shape index (κ3) is 1.51. The first-order chi connectivity index (χ1) is 4.91. The summed E-state index contributed by atoms with van der Waals surface area (Å²) in [7, 11) is 1.75. The number of hydrogen-bond donors (Lipinski definition) is 2. The van der Waals surface area contributed by atoms with E-state index in [1.807, 2.05) is 0 Å². The summed E-state index contributed by atoms with van der Waals surface area (Å²) in [6.07, 6.45) is 0. The molecule has 4 nitrogen and oxygen atoms in total. The second-order valence-corrected chi connectivity index (χ2v) is 3.14. The molecule has 11 heavy (non-hydrogen) atoms. The number of hydrogen-bond acceptors (Lipinski definition) is 3. The van der Waals surface area contributed by atoms with Gasteiger partial charge in [-0.2, -0.15) is 5.10 Å². The molecule has 0 atom stereocenters. The summed E-state index contributed by atoms with van der Waals surface area (Å²) in [5.41, 5.74) is 5.28. The minimum atomic E-state index is -0.876. The van der Waals surface area contributed by atoms with Gasteiger partial charge in [0.2, 0.25) is 0 Å². The Hall–Kier alpha value is -1.03. The van der Waals surface area contributed by atoms with Gasteiger partial charge in [-0.1, -0.05) is 0 Å². The quantitative estimate of drug-likeness (QED) is 0.610. The van der Waals surface area contributed by atoms with Crippen LogP contribution in [0.5, 0.6) is 0 Å². The Labute approximate surface area is 65.6 Å². The largest absolute Gasteiger partial charge is 0.384 e. The summed E-state index contributed by atoms with van der Waals surface area (Å²) < 4.78 is 1.58. The molecule has 62 valence electrons. The molecule has 3 N–H and O–H groups in total. The monoisotopic (exact) mass is 155 g/mol. The van der Waals surface area contributed by atoms with E-state index in [-0.39, 0.29) is 0 Å². The third-order valence-electron chi connectivity index (χ3n) is 1.53. The topological polar surface area (TPSA) is 64.1 Å². The summed E-state index contributed by atoms with van der Waals surface area (Å²) in [6, 6.07) is 1.67. The fraction of sp³-hybridized carbons (Fsp3) is 0.571. The molecule has 1 rings (SSSR count). The van der Waals surface area contributed by atoms with Gasteiger partial charge < -0.3 is 10.8 Å². The van der Waals surface area contributed by atoms with Gasteiger partial charge in [0.15, 0.2) is 0 Å². The molecule has 4 heteroatoms. The van der Waals surface area contributed by atoms with E-state index in [0.717, 1.165) is 5.69 Å². The standard InChI is InChI=1S/C7H13N3O/c1-7(2,11)5-4-6(8)9-10(5)3/h4,11H,1-3H3,(H2,8,9). The van der Waals surface area contributed by atoms with Crippen LogP contribution in [0.25, 0.3) is 0 Å². The van der Waals surface area contributed by atoms with Gasteiger partial charge >= 0.3 is 0 Å². The number of anilines is 1. The summed E-state index contributed by atoms with van der Waals surface area (Å²) in [4.78, 5) is 0. The predicted molar refractivity (Wildman–Crippen MR) is 42.9 cm³/mol. The predicted octanol–water partition coefficient (Wildman–Crippen LogP) is 0.230. The van der Waals surface area contributed by atoms with Gasteiger partial charge in [0.25, 0.3) is 0 Å². The molecule has 0 aliphatic heterocycles. The second-order valence-electron chi connectivity index (χ2n) is 3.14. The van der Waals surface area contributed by atoms with Crippen molar-refractivity contribution < 1.29 is 5.11 Å². The highest BCUT2D eigenvalue weighted by Crippen LogP contribution is 2.20. The molecule has 0 aromatic carbocycles. The van der Waals surface area contributed by atoms with Crippen LogP contribution in [0.15, 0.2) is 6.07 Å². The van der Waals surface area contributed by atoms with E-state index in [1.165, 1.54) is 0 Å². The Bertz CT molecular complexity index is 259. The van der Waals surface area contributed by atoms with E-state index in [0.29, 0.717) is 5.82 Å². The average molecular weight is 155 g/mol. The minimum Gasteiger partial charge on any atom is -0.384 e. The molecule has 1 aromatic heterocycles. The molecule has 0 aliphatic carbocycles. The van der Waals surface area contributed by atoms with Crippen LogP contribution in [0.1, 0.15) is 19.5 Å². The van der Waals surface area contributed by atoms with Crippen molar-refractivity contribution in [3.05, 3.63) is 11.8 Å². The van der Waals surface area contributed by atoms with Crippen molar-refractivity contribution in [3.8, 4) is 0 Å². The lowest BCUT2D eigenvalue weighted by Crippen LogP contribution is -2.19. The maximum Gasteiger partial charge on any atom is 0.145 e. The summed E-state index contributed by atoms with van der Waals surface area (Å²) >= 11 is 0. The number of nitrogens with two attached hydrogens (primary N) is 1. The molecule has 0 unspecified atom stereocenters. The highest BCUT2D eigenvalue weighted by molar-refractivity contribution is 5.31. The van der Waals surface area contributed by atoms with Crippen LogP contribution in [-0.2, 0) is 12.6 Å². The Morgan fingerprint density at radius 1 is 1.64 bits per heavy atom. The molecule has 0 aliphatic rings.